The van der Waals surface area contributed by atoms with Gasteiger partial charge in [-0.1, -0.05) is 12.8 Å². The van der Waals surface area contributed by atoms with E-state index >= 15 is 0 Å². The smallest absolute Gasteiger partial charge is 0.184 e. The molecule has 142 valence electrons. The molecule has 1 aliphatic carbocycles. The number of halogens is 1. The van der Waals surface area contributed by atoms with Gasteiger partial charge in [-0.2, -0.15) is 0 Å². The summed E-state index contributed by atoms with van der Waals surface area (Å²) in [4.78, 5) is 1.26. The van der Waals surface area contributed by atoms with E-state index in [4.69, 9.17) is 17.0 Å². The summed E-state index contributed by atoms with van der Waals surface area (Å²) in [5, 5.41) is 0. The van der Waals surface area contributed by atoms with E-state index in [1.807, 2.05) is 6.07 Å². The van der Waals surface area contributed by atoms with Gasteiger partial charge < -0.3 is 14.2 Å². The van der Waals surface area contributed by atoms with Gasteiger partial charge in [0.2, 0.25) is 0 Å². The molecule has 3 rings (SSSR count). The number of rotatable bonds is 6. The van der Waals surface area contributed by atoms with Crippen molar-refractivity contribution in [2.75, 3.05) is 14.2 Å². The highest BCUT2D eigenvalue weighted by molar-refractivity contribution is 7.71. The van der Waals surface area contributed by atoms with E-state index in [-0.39, 0.29) is 11.6 Å². The van der Waals surface area contributed by atoms with Crippen LogP contribution in [0, 0.1) is 24.4 Å². The third-order valence-corrected chi connectivity index (χ3v) is 5.98. The fraction of sp³-hybridized carbons (Fsp3) is 0.550. The highest BCUT2D eigenvalue weighted by atomic mass is 32.1. The summed E-state index contributed by atoms with van der Waals surface area (Å²) < 4.78 is 24.4. The minimum atomic E-state index is -0.311. The molecule has 1 aromatic carbocycles. The standard InChI is InChI=1S/C20H28FN3OS/c1-14-15(2)24(17-7-5-6-8-17)20(26)23(14)13-22(3)12-16-9-10-19(25-4)18(21)11-16/h9-11,17H,5-8,12-13H2,1-4H3/p+1. The average molecular weight is 379 g/mol. The van der Waals surface area contributed by atoms with E-state index < -0.39 is 0 Å². The van der Waals surface area contributed by atoms with E-state index in [0.717, 1.165) is 23.5 Å². The van der Waals surface area contributed by atoms with Crippen molar-refractivity contribution in [1.82, 2.24) is 9.13 Å². The maximum absolute atomic E-state index is 13.9. The molecule has 26 heavy (non-hydrogen) atoms. The number of imidazole rings is 1. The third kappa shape index (κ3) is 3.71. The van der Waals surface area contributed by atoms with Crippen molar-refractivity contribution in [2.24, 2.45) is 0 Å². The zero-order valence-electron chi connectivity index (χ0n) is 16.1. The highest BCUT2D eigenvalue weighted by Crippen LogP contribution is 2.32. The van der Waals surface area contributed by atoms with Crippen LogP contribution in [0.2, 0.25) is 0 Å². The highest BCUT2D eigenvalue weighted by Gasteiger charge is 2.23. The number of quaternary nitrogens is 1. The Kier molecular flexibility index (Phi) is 5.82. The Hall–Kier alpha value is -1.66. The number of methoxy groups -OCH3 is 1. The first-order chi connectivity index (χ1) is 12.4. The van der Waals surface area contributed by atoms with Crippen molar-refractivity contribution >= 4 is 12.2 Å². The number of benzene rings is 1. The Bertz CT molecular complexity index is 836. The van der Waals surface area contributed by atoms with Gasteiger partial charge in [0.15, 0.2) is 23.0 Å². The van der Waals surface area contributed by atoms with Crippen LogP contribution >= 0.6 is 12.2 Å². The molecule has 4 nitrogen and oxygen atoms in total. The van der Waals surface area contributed by atoms with Crippen LogP contribution in [-0.4, -0.2) is 23.3 Å². The van der Waals surface area contributed by atoms with Gasteiger partial charge in [0, 0.05) is 23.0 Å². The van der Waals surface area contributed by atoms with Gasteiger partial charge in [0.25, 0.3) is 0 Å². The average Bonchev–Trinajstić information content (AvgIpc) is 3.19. The van der Waals surface area contributed by atoms with Crippen molar-refractivity contribution in [3.63, 3.8) is 0 Å². The molecule has 0 spiro atoms. The normalized spacial score (nSPS) is 16.2. The molecule has 0 bridgehead atoms. The van der Waals surface area contributed by atoms with E-state index in [9.17, 15) is 4.39 Å². The lowest BCUT2D eigenvalue weighted by Crippen LogP contribution is -3.06. The summed E-state index contributed by atoms with van der Waals surface area (Å²) in [5.41, 5.74) is 3.48. The fourth-order valence-corrected chi connectivity index (χ4v) is 4.55. The minimum absolute atomic E-state index is 0.286. The Balaban J connectivity index is 1.77. The molecule has 1 N–H and O–H groups in total. The monoisotopic (exact) mass is 378 g/mol. The van der Waals surface area contributed by atoms with E-state index in [0.29, 0.717) is 6.04 Å². The zero-order chi connectivity index (χ0) is 18.8. The molecule has 1 unspecified atom stereocenters. The molecule has 1 aromatic heterocycles. The van der Waals surface area contributed by atoms with E-state index in [2.05, 4.69) is 30.0 Å². The van der Waals surface area contributed by atoms with Crippen molar-refractivity contribution in [2.45, 2.75) is 58.8 Å². The van der Waals surface area contributed by atoms with Crippen LogP contribution in [0.4, 0.5) is 4.39 Å². The molecule has 0 saturated heterocycles. The SMILES string of the molecule is COc1ccc(C[NH+](C)Cn2c(C)c(C)n(C3CCCC3)c2=S)cc1F. The number of hydrogen-bond acceptors (Lipinski definition) is 2. The van der Waals surface area contributed by atoms with Crippen LogP contribution in [0.15, 0.2) is 18.2 Å². The second-order valence-electron chi connectivity index (χ2n) is 7.45. The molecule has 1 saturated carbocycles. The Labute approximate surface area is 160 Å². The van der Waals surface area contributed by atoms with Gasteiger partial charge in [-0.3, -0.25) is 4.57 Å². The molecule has 1 fully saturated rings. The van der Waals surface area contributed by atoms with Crippen molar-refractivity contribution in [3.05, 3.63) is 45.7 Å². The molecule has 0 radical (unpaired) electrons. The summed E-state index contributed by atoms with van der Waals surface area (Å²) in [6.07, 6.45) is 5.05. The molecular formula is C20H29FN3OS+. The lowest BCUT2D eigenvalue weighted by Gasteiger charge is -2.17. The first kappa shape index (κ1) is 19.1. The first-order valence-electron chi connectivity index (χ1n) is 9.34. The molecule has 0 aliphatic heterocycles. The van der Waals surface area contributed by atoms with Gasteiger partial charge in [-0.15, -0.1) is 0 Å². The zero-order valence-corrected chi connectivity index (χ0v) is 17.0. The van der Waals surface area contributed by atoms with Gasteiger partial charge in [0.05, 0.1) is 14.2 Å². The lowest BCUT2D eigenvalue weighted by molar-refractivity contribution is -0.917. The Morgan fingerprint density at radius 1 is 1.23 bits per heavy atom. The number of ether oxygens (including phenoxy) is 1. The molecule has 1 heterocycles. The van der Waals surface area contributed by atoms with Crippen molar-refractivity contribution in [3.8, 4) is 5.75 Å². The van der Waals surface area contributed by atoms with Crippen LogP contribution in [0.3, 0.4) is 0 Å². The molecule has 1 atom stereocenters. The first-order valence-corrected chi connectivity index (χ1v) is 9.75. The van der Waals surface area contributed by atoms with Crippen molar-refractivity contribution < 1.29 is 14.0 Å². The fourth-order valence-electron chi connectivity index (χ4n) is 4.06. The second-order valence-corrected chi connectivity index (χ2v) is 7.82. The molecule has 0 amide bonds. The summed E-state index contributed by atoms with van der Waals surface area (Å²) in [6.45, 7) is 5.83. The maximum Gasteiger partial charge on any atom is 0.184 e. The maximum atomic E-state index is 13.9. The van der Waals surface area contributed by atoms with Gasteiger partial charge in [-0.05, 0) is 57.1 Å². The van der Waals surface area contributed by atoms with Gasteiger partial charge in [0.1, 0.15) is 6.54 Å². The van der Waals surface area contributed by atoms with E-state index in [1.165, 1.54) is 49.1 Å². The Morgan fingerprint density at radius 2 is 1.92 bits per heavy atom. The topological polar surface area (TPSA) is 23.5 Å². The molecule has 6 heteroatoms. The van der Waals surface area contributed by atoms with Gasteiger partial charge in [-0.25, -0.2) is 4.39 Å². The quantitative estimate of drug-likeness (QED) is 0.777. The predicted octanol–water partition coefficient (Wildman–Crippen LogP) is 3.57. The predicted molar refractivity (Wildman–Crippen MR) is 104 cm³/mol. The summed E-state index contributed by atoms with van der Waals surface area (Å²) in [5.74, 6) is -0.0254. The van der Waals surface area contributed by atoms with Gasteiger partial charge >= 0.3 is 0 Å². The molecule has 2 aromatic rings. The largest absolute Gasteiger partial charge is 0.494 e. The van der Waals surface area contributed by atoms with E-state index in [1.54, 1.807) is 12.1 Å². The second kappa shape index (κ2) is 7.92. The van der Waals surface area contributed by atoms with Crippen LogP contribution in [0.1, 0.15) is 48.7 Å². The van der Waals surface area contributed by atoms with Crippen LogP contribution < -0.4 is 9.64 Å². The third-order valence-electron chi connectivity index (χ3n) is 5.57. The minimum Gasteiger partial charge on any atom is -0.494 e. The number of aromatic nitrogens is 2. The Morgan fingerprint density at radius 3 is 2.54 bits per heavy atom. The lowest BCUT2D eigenvalue weighted by atomic mass is 10.2. The summed E-state index contributed by atoms with van der Waals surface area (Å²) >= 11 is 5.81. The summed E-state index contributed by atoms with van der Waals surface area (Å²) in [6, 6.07) is 5.73. The van der Waals surface area contributed by atoms with Crippen molar-refractivity contribution in [1.29, 1.82) is 0 Å². The molecular weight excluding hydrogens is 349 g/mol. The van der Waals surface area contributed by atoms with Crippen LogP contribution in [-0.2, 0) is 13.2 Å². The number of nitrogens with one attached hydrogen (secondary N) is 1. The molecule has 1 aliphatic rings. The summed E-state index contributed by atoms with van der Waals surface area (Å²) in [7, 11) is 3.60. The number of nitrogens with zero attached hydrogens (tertiary/aromatic N) is 2. The number of hydrogen-bond donors (Lipinski definition) is 1. The van der Waals surface area contributed by atoms with Crippen LogP contribution in [0.25, 0.3) is 0 Å². The van der Waals surface area contributed by atoms with Crippen LogP contribution in [0.5, 0.6) is 5.75 Å².